The number of hydrogen-bond acceptors (Lipinski definition) is 2. The van der Waals surface area contributed by atoms with E-state index in [1.807, 2.05) is 30.0 Å². The first-order valence-electron chi connectivity index (χ1n) is 9.55. The van der Waals surface area contributed by atoms with Crippen molar-refractivity contribution in [1.29, 1.82) is 0 Å². The van der Waals surface area contributed by atoms with Crippen LogP contribution in [0.4, 0.5) is 13.2 Å². The smallest absolute Gasteiger partial charge is 0.300 e. The molecule has 0 saturated heterocycles. The lowest BCUT2D eigenvalue weighted by Crippen LogP contribution is -2.48. The Balaban J connectivity index is 2.06. The molecule has 1 aliphatic rings. The second kappa shape index (κ2) is 8.27. The summed E-state index contributed by atoms with van der Waals surface area (Å²) in [5.74, 6) is 0.927. The van der Waals surface area contributed by atoms with Crippen LogP contribution in [0.25, 0.3) is 0 Å². The van der Waals surface area contributed by atoms with Crippen LogP contribution in [0, 0.1) is 0 Å². The number of benzene rings is 2. The van der Waals surface area contributed by atoms with Crippen molar-refractivity contribution in [1.82, 2.24) is 5.32 Å². The van der Waals surface area contributed by atoms with Crippen molar-refractivity contribution in [2.75, 3.05) is 5.75 Å². The van der Waals surface area contributed by atoms with Crippen LogP contribution in [0.5, 0.6) is 0 Å². The molecule has 0 radical (unpaired) electrons. The van der Waals surface area contributed by atoms with Crippen LogP contribution in [0.2, 0.25) is 0 Å². The number of alkyl halides is 3. The van der Waals surface area contributed by atoms with E-state index in [1.54, 1.807) is 6.07 Å². The lowest BCUT2D eigenvalue weighted by molar-refractivity contribution is -0.137. The van der Waals surface area contributed by atoms with Gasteiger partial charge in [-0.3, -0.25) is 5.32 Å². The Kier molecular flexibility index (Phi) is 6.21. The maximum absolute atomic E-state index is 13.3. The predicted octanol–water partition coefficient (Wildman–Crippen LogP) is 6.83. The molecule has 5 heteroatoms. The van der Waals surface area contributed by atoms with Gasteiger partial charge in [-0.2, -0.15) is 13.2 Å². The van der Waals surface area contributed by atoms with E-state index < -0.39 is 11.7 Å². The van der Waals surface area contributed by atoms with Gasteiger partial charge in [0.1, 0.15) is 0 Å². The second-order valence-corrected chi connectivity index (χ2v) is 8.28. The molecule has 1 nitrogen and oxygen atoms in total. The zero-order chi connectivity index (χ0) is 19.5. The summed E-state index contributed by atoms with van der Waals surface area (Å²) in [7, 11) is 0. The highest BCUT2D eigenvalue weighted by molar-refractivity contribution is 7.99. The van der Waals surface area contributed by atoms with Gasteiger partial charge in [0.05, 0.1) is 11.6 Å². The average Bonchev–Trinajstić information content (AvgIpc) is 2.84. The van der Waals surface area contributed by atoms with Crippen LogP contribution in [0.3, 0.4) is 0 Å². The highest BCUT2D eigenvalue weighted by atomic mass is 32.2. The zero-order valence-corrected chi connectivity index (χ0v) is 16.6. The van der Waals surface area contributed by atoms with Crippen molar-refractivity contribution in [3.05, 3.63) is 65.2 Å². The molecule has 1 aliphatic heterocycles. The highest BCUT2D eigenvalue weighted by Gasteiger charge is 2.36. The number of halogens is 3. The molecule has 0 aliphatic carbocycles. The van der Waals surface area contributed by atoms with E-state index in [1.165, 1.54) is 12.1 Å². The molecule has 0 aromatic heterocycles. The van der Waals surface area contributed by atoms with Gasteiger partial charge in [-0.05, 0) is 42.2 Å². The minimum Gasteiger partial charge on any atom is -0.300 e. The fraction of sp³-hybridized carbons (Fsp3) is 0.455. The van der Waals surface area contributed by atoms with Crippen LogP contribution in [-0.4, -0.2) is 11.3 Å². The zero-order valence-electron chi connectivity index (χ0n) is 15.8. The molecule has 0 saturated carbocycles. The summed E-state index contributed by atoms with van der Waals surface area (Å²) >= 11 is 1.81. The predicted molar refractivity (Wildman–Crippen MR) is 106 cm³/mol. The standard InChI is InChI=1S/C22H26F3NS/c1-3-5-13-21(4-2)15-27-19-12-7-6-11-18(19)20(26-21)16-9-8-10-17(14-16)22(23,24)25/h6-12,14,20,26H,3-5,13,15H2,1-2H3/t20-,21+/m0/s1. The summed E-state index contributed by atoms with van der Waals surface area (Å²) in [6, 6.07) is 13.6. The van der Waals surface area contributed by atoms with Crippen LogP contribution >= 0.6 is 11.8 Å². The van der Waals surface area contributed by atoms with Crippen LogP contribution in [0.1, 0.15) is 62.3 Å². The van der Waals surface area contributed by atoms with Gasteiger partial charge in [0, 0.05) is 16.2 Å². The summed E-state index contributed by atoms with van der Waals surface area (Å²) in [5.41, 5.74) is 1.06. The van der Waals surface area contributed by atoms with Crippen molar-refractivity contribution >= 4 is 11.8 Å². The maximum Gasteiger partial charge on any atom is 0.416 e. The third kappa shape index (κ3) is 4.52. The lowest BCUT2D eigenvalue weighted by atomic mass is 9.87. The van der Waals surface area contributed by atoms with Gasteiger partial charge < -0.3 is 0 Å². The van der Waals surface area contributed by atoms with Gasteiger partial charge in [-0.15, -0.1) is 11.8 Å². The van der Waals surface area contributed by atoms with Gasteiger partial charge in [-0.25, -0.2) is 0 Å². The van der Waals surface area contributed by atoms with Crippen molar-refractivity contribution in [2.24, 2.45) is 0 Å². The van der Waals surface area contributed by atoms with Crippen molar-refractivity contribution in [3.8, 4) is 0 Å². The van der Waals surface area contributed by atoms with Crippen LogP contribution in [0.15, 0.2) is 53.4 Å². The van der Waals surface area contributed by atoms with Gasteiger partial charge in [-0.1, -0.05) is 57.0 Å². The van der Waals surface area contributed by atoms with E-state index in [-0.39, 0.29) is 11.6 Å². The summed E-state index contributed by atoms with van der Waals surface area (Å²) in [4.78, 5) is 1.15. The number of nitrogens with one attached hydrogen (secondary N) is 1. The summed E-state index contributed by atoms with van der Waals surface area (Å²) in [6.45, 7) is 4.34. The maximum atomic E-state index is 13.3. The minimum atomic E-state index is -4.33. The molecule has 2 atom stereocenters. The molecule has 0 fully saturated rings. The Morgan fingerprint density at radius 3 is 2.59 bits per heavy atom. The largest absolute Gasteiger partial charge is 0.416 e. The van der Waals surface area contributed by atoms with Gasteiger partial charge in [0.2, 0.25) is 0 Å². The summed E-state index contributed by atoms with van der Waals surface area (Å²) < 4.78 is 39.8. The Hall–Kier alpha value is -1.46. The normalized spacial score (nSPS) is 22.9. The molecular formula is C22H26F3NS. The molecule has 1 N–H and O–H groups in total. The van der Waals surface area contributed by atoms with E-state index in [2.05, 4.69) is 25.2 Å². The van der Waals surface area contributed by atoms with Gasteiger partial charge in [0.25, 0.3) is 0 Å². The Bertz CT molecular complexity index is 774. The molecule has 27 heavy (non-hydrogen) atoms. The Morgan fingerprint density at radius 1 is 1.11 bits per heavy atom. The van der Waals surface area contributed by atoms with E-state index in [4.69, 9.17) is 0 Å². The van der Waals surface area contributed by atoms with Gasteiger partial charge >= 0.3 is 6.18 Å². The molecule has 0 spiro atoms. The summed E-state index contributed by atoms with van der Waals surface area (Å²) in [5, 5.41) is 3.78. The third-order valence-electron chi connectivity index (χ3n) is 5.42. The molecular weight excluding hydrogens is 367 g/mol. The first kappa shape index (κ1) is 20.3. The molecule has 2 aromatic carbocycles. The number of hydrogen-bond donors (Lipinski definition) is 1. The first-order chi connectivity index (χ1) is 12.9. The number of rotatable bonds is 5. The molecule has 1 heterocycles. The van der Waals surface area contributed by atoms with Gasteiger partial charge in [0.15, 0.2) is 0 Å². The van der Waals surface area contributed by atoms with Crippen molar-refractivity contribution in [2.45, 2.75) is 62.2 Å². The molecule has 0 unspecified atom stereocenters. The summed E-state index contributed by atoms with van der Waals surface area (Å²) in [6.07, 6.45) is -0.151. The third-order valence-corrected chi connectivity index (χ3v) is 6.80. The van der Waals surface area contributed by atoms with E-state index in [0.717, 1.165) is 48.0 Å². The topological polar surface area (TPSA) is 12.0 Å². The number of thioether (sulfide) groups is 1. The molecule has 2 aromatic rings. The number of unbranched alkanes of at least 4 members (excludes halogenated alkanes) is 1. The number of fused-ring (bicyclic) bond motifs is 1. The van der Waals surface area contributed by atoms with E-state index >= 15 is 0 Å². The second-order valence-electron chi connectivity index (χ2n) is 7.26. The van der Waals surface area contributed by atoms with Crippen molar-refractivity contribution < 1.29 is 13.2 Å². The molecule has 3 rings (SSSR count). The Labute approximate surface area is 163 Å². The first-order valence-corrected chi connectivity index (χ1v) is 10.5. The van der Waals surface area contributed by atoms with E-state index in [9.17, 15) is 13.2 Å². The fourth-order valence-corrected chi connectivity index (χ4v) is 5.08. The van der Waals surface area contributed by atoms with Crippen LogP contribution < -0.4 is 5.32 Å². The minimum absolute atomic E-state index is 0.0847. The molecule has 0 bridgehead atoms. The highest BCUT2D eigenvalue weighted by Crippen LogP contribution is 2.41. The SMILES string of the molecule is CCCC[C@]1(CC)CSc2ccccc2[C@H](c2cccc(C(F)(F)F)c2)N1. The molecule has 146 valence electrons. The van der Waals surface area contributed by atoms with E-state index in [0.29, 0.717) is 5.56 Å². The fourth-order valence-electron chi connectivity index (χ4n) is 3.69. The Morgan fingerprint density at radius 2 is 1.89 bits per heavy atom. The quantitative estimate of drug-likeness (QED) is 0.597. The monoisotopic (exact) mass is 393 g/mol. The average molecular weight is 394 g/mol. The van der Waals surface area contributed by atoms with Crippen LogP contribution in [-0.2, 0) is 6.18 Å². The van der Waals surface area contributed by atoms with Crippen molar-refractivity contribution in [3.63, 3.8) is 0 Å². The molecule has 0 amide bonds. The lowest BCUT2D eigenvalue weighted by Gasteiger charge is -2.36.